The van der Waals surface area contributed by atoms with Gasteiger partial charge < -0.3 is 9.84 Å². The van der Waals surface area contributed by atoms with Crippen LogP contribution in [0, 0.1) is 0 Å². The van der Waals surface area contributed by atoms with E-state index in [1.165, 1.54) is 12.8 Å². The van der Waals surface area contributed by atoms with E-state index >= 15 is 0 Å². The number of fused-ring (bicyclic) bond motifs is 1. The van der Waals surface area contributed by atoms with E-state index in [-0.39, 0.29) is 4.93 Å². The molecular formula is C14H18O3S. The Morgan fingerprint density at radius 3 is 2.89 bits per heavy atom. The van der Waals surface area contributed by atoms with Gasteiger partial charge in [-0.05, 0) is 38.0 Å². The molecule has 98 valence electrons. The zero-order chi connectivity index (χ0) is 13.2. The first-order valence-corrected chi connectivity index (χ1v) is 7.11. The van der Waals surface area contributed by atoms with Crippen molar-refractivity contribution >= 4 is 17.7 Å². The molecule has 4 heteroatoms. The van der Waals surface area contributed by atoms with E-state index in [0.29, 0.717) is 5.56 Å². The molecule has 3 nitrogen and oxygen atoms in total. The average Bonchev–Trinajstić information content (AvgIpc) is 2.64. The van der Waals surface area contributed by atoms with Crippen LogP contribution in [-0.2, 0) is 0 Å². The minimum Gasteiger partial charge on any atom is -0.478 e. The molecule has 0 radical (unpaired) electrons. The average molecular weight is 266 g/mol. The fourth-order valence-corrected chi connectivity index (χ4v) is 3.33. The standard InChI is InChI=1S/C14H18O3S/c1-3-4-5-8-14(2)17-11-7-6-10(13(15)16)9-12(11)18-14/h6-7,9H,3-5,8H2,1-2H3,(H,15,16). The molecule has 1 aromatic rings. The number of hydrogen-bond donors (Lipinski definition) is 1. The molecule has 0 saturated heterocycles. The number of carboxylic acid groups (broad SMARTS) is 1. The van der Waals surface area contributed by atoms with Gasteiger partial charge in [0.25, 0.3) is 0 Å². The van der Waals surface area contributed by atoms with E-state index < -0.39 is 5.97 Å². The minimum absolute atomic E-state index is 0.241. The van der Waals surface area contributed by atoms with Crippen LogP contribution in [0.15, 0.2) is 23.1 Å². The van der Waals surface area contributed by atoms with E-state index in [1.807, 2.05) is 0 Å². The number of benzene rings is 1. The highest BCUT2D eigenvalue weighted by Crippen LogP contribution is 2.49. The Kier molecular flexibility index (Phi) is 3.85. The lowest BCUT2D eigenvalue weighted by molar-refractivity contribution is 0.0696. The second-order valence-electron chi connectivity index (χ2n) is 4.76. The summed E-state index contributed by atoms with van der Waals surface area (Å²) in [4.78, 5) is 11.6. The molecule has 1 aliphatic rings. The number of carbonyl (C=O) groups is 1. The van der Waals surface area contributed by atoms with Gasteiger partial charge in [-0.2, -0.15) is 0 Å². The number of thioether (sulfide) groups is 1. The normalized spacial score (nSPS) is 21.4. The van der Waals surface area contributed by atoms with Crippen LogP contribution in [0.5, 0.6) is 5.75 Å². The number of aromatic carboxylic acids is 1. The molecular weight excluding hydrogens is 248 g/mol. The maximum Gasteiger partial charge on any atom is 0.335 e. The summed E-state index contributed by atoms with van der Waals surface area (Å²) in [7, 11) is 0. The summed E-state index contributed by atoms with van der Waals surface area (Å²) in [6.07, 6.45) is 4.52. The quantitative estimate of drug-likeness (QED) is 0.813. The molecule has 1 atom stereocenters. The molecule has 1 heterocycles. The maximum absolute atomic E-state index is 10.9. The fourth-order valence-electron chi connectivity index (χ4n) is 2.09. The Hall–Kier alpha value is -1.16. The minimum atomic E-state index is -0.891. The van der Waals surface area contributed by atoms with Gasteiger partial charge in [-0.25, -0.2) is 4.79 Å². The van der Waals surface area contributed by atoms with Crippen LogP contribution in [-0.4, -0.2) is 16.0 Å². The first-order valence-electron chi connectivity index (χ1n) is 6.29. The molecule has 1 N–H and O–H groups in total. The van der Waals surface area contributed by atoms with E-state index in [1.54, 1.807) is 30.0 Å². The van der Waals surface area contributed by atoms with Crippen molar-refractivity contribution < 1.29 is 14.6 Å². The van der Waals surface area contributed by atoms with Gasteiger partial charge >= 0.3 is 5.97 Å². The van der Waals surface area contributed by atoms with Crippen molar-refractivity contribution in [1.82, 2.24) is 0 Å². The molecule has 0 fully saturated rings. The lowest BCUT2D eigenvalue weighted by Crippen LogP contribution is -2.23. The molecule has 0 spiro atoms. The molecule has 0 aliphatic carbocycles. The number of carboxylic acids is 1. The second kappa shape index (κ2) is 5.22. The van der Waals surface area contributed by atoms with Crippen molar-refractivity contribution in [3.05, 3.63) is 23.8 Å². The van der Waals surface area contributed by atoms with Crippen LogP contribution in [0.3, 0.4) is 0 Å². The van der Waals surface area contributed by atoms with Crippen molar-refractivity contribution in [3.8, 4) is 5.75 Å². The van der Waals surface area contributed by atoms with Crippen LogP contribution in [0.4, 0.5) is 0 Å². The smallest absolute Gasteiger partial charge is 0.335 e. The SMILES string of the molecule is CCCCCC1(C)Oc2ccc(C(=O)O)cc2S1. The third-order valence-electron chi connectivity index (χ3n) is 3.08. The maximum atomic E-state index is 10.9. The van der Waals surface area contributed by atoms with E-state index in [4.69, 9.17) is 9.84 Å². The number of rotatable bonds is 5. The molecule has 2 rings (SSSR count). The van der Waals surface area contributed by atoms with E-state index in [2.05, 4.69) is 13.8 Å². The van der Waals surface area contributed by atoms with Crippen molar-refractivity contribution in [2.24, 2.45) is 0 Å². The third-order valence-corrected chi connectivity index (χ3v) is 4.34. The van der Waals surface area contributed by atoms with E-state index in [0.717, 1.165) is 23.5 Å². The summed E-state index contributed by atoms with van der Waals surface area (Å²) in [6, 6.07) is 5.06. The van der Waals surface area contributed by atoms with Crippen LogP contribution < -0.4 is 4.74 Å². The first-order chi connectivity index (χ1) is 8.54. The molecule has 0 aromatic heterocycles. The van der Waals surface area contributed by atoms with Crippen LogP contribution in [0.2, 0.25) is 0 Å². The summed E-state index contributed by atoms with van der Waals surface area (Å²) in [6.45, 7) is 4.26. The Morgan fingerprint density at radius 2 is 2.22 bits per heavy atom. The zero-order valence-electron chi connectivity index (χ0n) is 10.7. The molecule has 1 aliphatic heterocycles. The van der Waals surface area contributed by atoms with Crippen LogP contribution in [0.25, 0.3) is 0 Å². The van der Waals surface area contributed by atoms with Gasteiger partial charge in [-0.3, -0.25) is 0 Å². The lowest BCUT2D eigenvalue weighted by atomic mass is 10.1. The third kappa shape index (κ3) is 2.80. The molecule has 1 aromatic carbocycles. The molecule has 1 unspecified atom stereocenters. The topological polar surface area (TPSA) is 46.5 Å². The predicted molar refractivity (Wildman–Crippen MR) is 72.4 cm³/mol. The second-order valence-corrected chi connectivity index (χ2v) is 6.27. The van der Waals surface area contributed by atoms with Crippen LogP contribution >= 0.6 is 11.8 Å². The zero-order valence-corrected chi connectivity index (χ0v) is 11.5. The van der Waals surface area contributed by atoms with Gasteiger partial charge in [0.1, 0.15) is 5.75 Å². The van der Waals surface area contributed by atoms with E-state index in [9.17, 15) is 4.79 Å². The van der Waals surface area contributed by atoms with Crippen LogP contribution in [0.1, 0.15) is 49.9 Å². The van der Waals surface area contributed by atoms with Crippen molar-refractivity contribution in [3.63, 3.8) is 0 Å². The summed E-state index contributed by atoms with van der Waals surface area (Å²) in [5.41, 5.74) is 0.322. The van der Waals surface area contributed by atoms with Crippen molar-refractivity contribution in [2.45, 2.75) is 49.4 Å². The largest absolute Gasteiger partial charge is 0.478 e. The van der Waals surface area contributed by atoms with Crippen molar-refractivity contribution in [2.75, 3.05) is 0 Å². The fraction of sp³-hybridized carbons (Fsp3) is 0.500. The highest BCUT2D eigenvalue weighted by molar-refractivity contribution is 8.00. The predicted octanol–water partition coefficient (Wildman–Crippen LogP) is 4.17. The summed E-state index contributed by atoms with van der Waals surface area (Å²) in [5.74, 6) is -0.0815. The Labute approximate surface area is 112 Å². The van der Waals surface area contributed by atoms with Gasteiger partial charge in [0, 0.05) is 0 Å². The summed E-state index contributed by atoms with van der Waals surface area (Å²) in [5, 5.41) is 8.97. The van der Waals surface area contributed by atoms with Gasteiger partial charge in [0.15, 0.2) is 4.93 Å². The summed E-state index contributed by atoms with van der Waals surface area (Å²) < 4.78 is 5.95. The molecule has 0 bridgehead atoms. The van der Waals surface area contributed by atoms with Gasteiger partial charge in [0.05, 0.1) is 10.5 Å². The number of unbranched alkanes of at least 4 members (excludes halogenated alkanes) is 2. The monoisotopic (exact) mass is 266 g/mol. The Balaban J connectivity index is 2.09. The van der Waals surface area contributed by atoms with Gasteiger partial charge in [0.2, 0.25) is 0 Å². The van der Waals surface area contributed by atoms with Gasteiger partial charge in [-0.15, -0.1) is 0 Å². The lowest BCUT2D eigenvalue weighted by Gasteiger charge is -2.22. The molecule has 0 saturated carbocycles. The Bertz CT molecular complexity index is 458. The first kappa shape index (κ1) is 13.3. The Morgan fingerprint density at radius 1 is 1.44 bits per heavy atom. The summed E-state index contributed by atoms with van der Waals surface area (Å²) >= 11 is 1.63. The van der Waals surface area contributed by atoms with Gasteiger partial charge in [-0.1, -0.05) is 31.5 Å². The highest BCUT2D eigenvalue weighted by Gasteiger charge is 2.35. The molecule has 18 heavy (non-hydrogen) atoms. The molecule has 0 amide bonds. The number of hydrogen-bond acceptors (Lipinski definition) is 3. The van der Waals surface area contributed by atoms with Crippen molar-refractivity contribution in [1.29, 1.82) is 0 Å². The number of ether oxygens (including phenoxy) is 1. The highest BCUT2D eigenvalue weighted by atomic mass is 32.2.